The highest BCUT2D eigenvalue weighted by molar-refractivity contribution is 5.00. The molecule has 0 aromatic rings. The Morgan fingerprint density at radius 2 is 0.941 bits per heavy atom. The highest BCUT2D eigenvalue weighted by atomic mass is 19.4. The second-order valence-electron chi connectivity index (χ2n) is 2.48. The molecule has 11 heteroatoms. The van der Waals surface area contributed by atoms with Crippen molar-refractivity contribution < 1.29 is 48.3 Å². The standard InChI is InChI=1S/C5H2F10.CH3F/c6-1-2(7,8)3(9,10)4(11,12)5(13,14)15;1-2/h1H2;1H3. The van der Waals surface area contributed by atoms with Crippen LogP contribution in [0.4, 0.5) is 48.3 Å². The fraction of sp³-hybridized carbons (Fsp3) is 1.00. The molecule has 0 N–H and O–H groups in total. The Bertz CT molecular complexity index is 227. The molecular weight excluding hydrogens is 281 g/mol. The van der Waals surface area contributed by atoms with E-state index < -0.39 is 30.6 Å². The molecule has 0 saturated heterocycles. The summed E-state index contributed by atoms with van der Waals surface area (Å²) in [6, 6.07) is 0. The summed E-state index contributed by atoms with van der Waals surface area (Å²) in [7, 11) is 0.500. The molecule has 0 unspecified atom stereocenters. The number of hydrogen-bond donors (Lipinski definition) is 0. The van der Waals surface area contributed by atoms with Crippen LogP contribution in [-0.4, -0.2) is 37.8 Å². The molecule has 106 valence electrons. The molecule has 0 heterocycles. The number of halogens is 11. The SMILES string of the molecule is CF.FCC(F)(F)C(F)(F)C(F)(F)C(F)(F)F. The molecule has 0 aliphatic heterocycles. The summed E-state index contributed by atoms with van der Waals surface area (Å²) >= 11 is 0. The van der Waals surface area contributed by atoms with Crippen molar-refractivity contribution in [3.63, 3.8) is 0 Å². The van der Waals surface area contributed by atoms with Crippen LogP contribution in [0, 0.1) is 0 Å². The van der Waals surface area contributed by atoms with E-state index in [4.69, 9.17) is 0 Å². The van der Waals surface area contributed by atoms with Crippen LogP contribution in [0.3, 0.4) is 0 Å². The molecule has 0 aromatic heterocycles. The zero-order valence-corrected chi connectivity index (χ0v) is 7.86. The number of alkyl halides is 11. The molecule has 0 bridgehead atoms. The maximum atomic E-state index is 12.0. The van der Waals surface area contributed by atoms with E-state index in [1.807, 2.05) is 0 Å². The lowest BCUT2D eigenvalue weighted by molar-refractivity contribution is -0.397. The molecular formula is C6H5F11. The second-order valence-corrected chi connectivity index (χ2v) is 2.48. The normalized spacial score (nSPS) is 14.1. The average Bonchev–Trinajstić information content (AvgIpc) is 2.18. The lowest BCUT2D eigenvalue weighted by Gasteiger charge is -2.32. The Morgan fingerprint density at radius 3 is 1.12 bits per heavy atom. The van der Waals surface area contributed by atoms with Crippen molar-refractivity contribution in [1.82, 2.24) is 0 Å². The third-order valence-corrected chi connectivity index (χ3v) is 1.38. The Labute approximate surface area is 87.4 Å². The minimum Gasteiger partial charge on any atom is -0.255 e. The topological polar surface area (TPSA) is 0 Å². The average molecular weight is 286 g/mol. The van der Waals surface area contributed by atoms with E-state index in [2.05, 4.69) is 0 Å². The van der Waals surface area contributed by atoms with Gasteiger partial charge in [-0.25, -0.2) is 4.39 Å². The van der Waals surface area contributed by atoms with Gasteiger partial charge in [0.2, 0.25) is 0 Å². The Kier molecular flexibility index (Phi) is 5.74. The first-order valence-electron chi connectivity index (χ1n) is 3.45. The van der Waals surface area contributed by atoms with Crippen molar-refractivity contribution in [2.45, 2.75) is 23.9 Å². The first-order valence-corrected chi connectivity index (χ1v) is 3.45. The number of rotatable bonds is 3. The van der Waals surface area contributed by atoms with Gasteiger partial charge in [0.05, 0.1) is 7.18 Å². The van der Waals surface area contributed by atoms with E-state index in [0.717, 1.165) is 0 Å². The van der Waals surface area contributed by atoms with Crippen molar-refractivity contribution in [3.8, 4) is 0 Å². The summed E-state index contributed by atoms with van der Waals surface area (Å²) in [5.74, 6) is -19.9. The van der Waals surface area contributed by atoms with Gasteiger partial charge in [-0.15, -0.1) is 0 Å². The van der Waals surface area contributed by atoms with Crippen molar-refractivity contribution in [1.29, 1.82) is 0 Å². The van der Waals surface area contributed by atoms with Crippen molar-refractivity contribution in [2.24, 2.45) is 0 Å². The van der Waals surface area contributed by atoms with E-state index in [0.29, 0.717) is 7.18 Å². The van der Waals surface area contributed by atoms with Crippen LogP contribution < -0.4 is 0 Å². The van der Waals surface area contributed by atoms with Gasteiger partial charge < -0.3 is 0 Å². The zero-order chi connectivity index (χ0) is 14.7. The molecule has 0 nitrogen and oxygen atoms in total. The summed E-state index contributed by atoms with van der Waals surface area (Å²) in [5.41, 5.74) is 0. The van der Waals surface area contributed by atoms with Crippen molar-refractivity contribution >= 4 is 0 Å². The van der Waals surface area contributed by atoms with Crippen LogP contribution in [0.5, 0.6) is 0 Å². The number of hydrogen-bond acceptors (Lipinski definition) is 0. The summed E-state index contributed by atoms with van der Waals surface area (Å²) in [4.78, 5) is 0. The Morgan fingerprint density at radius 1 is 0.647 bits per heavy atom. The molecule has 17 heavy (non-hydrogen) atoms. The molecule has 0 aromatic carbocycles. The molecule has 0 rings (SSSR count). The predicted octanol–water partition coefficient (Wildman–Crippen LogP) is 4.01. The maximum absolute atomic E-state index is 12.0. The van der Waals surface area contributed by atoms with Gasteiger partial charge in [0.1, 0.15) is 0 Å². The second kappa shape index (κ2) is 5.25. The highest BCUT2D eigenvalue weighted by Crippen LogP contribution is 2.52. The van der Waals surface area contributed by atoms with Crippen LogP contribution in [0.25, 0.3) is 0 Å². The van der Waals surface area contributed by atoms with Crippen LogP contribution >= 0.6 is 0 Å². The van der Waals surface area contributed by atoms with Gasteiger partial charge in [0.15, 0.2) is 6.67 Å². The van der Waals surface area contributed by atoms with Gasteiger partial charge in [-0.2, -0.15) is 39.5 Å². The molecule has 0 saturated carbocycles. The smallest absolute Gasteiger partial charge is 0.255 e. The van der Waals surface area contributed by atoms with Gasteiger partial charge in [-0.3, -0.25) is 4.39 Å². The molecule has 0 radical (unpaired) electrons. The van der Waals surface area contributed by atoms with Crippen molar-refractivity contribution in [2.75, 3.05) is 13.9 Å². The predicted molar refractivity (Wildman–Crippen MR) is 33.9 cm³/mol. The molecule has 0 fully saturated rings. The fourth-order valence-electron chi connectivity index (χ4n) is 0.492. The van der Waals surface area contributed by atoms with Gasteiger partial charge in [-0.05, 0) is 0 Å². The van der Waals surface area contributed by atoms with Crippen LogP contribution in [-0.2, 0) is 0 Å². The Hall–Kier alpha value is -0.770. The van der Waals surface area contributed by atoms with Gasteiger partial charge >= 0.3 is 23.9 Å². The molecule has 0 atom stereocenters. The summed E-state index contributed by atoms with van der Waals surface area (Å²) < 4.78 is 126. The van der Waals surface area contributed by atoms with Crippen LogP contribution in [0.1, 0.15) is 0 Å². The summed E-state index contributed by atoms with van der Waals surface area (Å²) in [5, 5.41) is 0. The monoisotopic (exact) mass is 286 g/mol. The first kappa shape index (κ1) is 18.6. The highest BCUT2D eigenvalue weighted by Gasteiger charge is 2.81. The summed E-state index contributed by atoms with van der Waals surface area (Å²) in [6.45, 7) is -3.33. The van der Waals surface area contributed by atoms with Gasteiger partial charge in [0.25, 0.3) is 0 Å². The van der Waals surface area contributed by atoms with E-state index in [1.54, 1.807) is 0 Å². The lowest BCUT2D eigenvalue weighted by Crippen LogP contribution is -2.61. The third kappa shape index (κ3) is 3.12. The van der Waals surface area contributed by atoms with Gasteiger partial charge in [-0.1, -0.05) is 0 Å². The quantitative estimate of drug-likeness (QED) is 0.688. The molecule has 0 aliphatic rings. The van der Waals surface area contributed by atoms with Crippen LogP contribution in [0.2, 0.25) is 0 Å². The molecule has 0 amide bonds. The first-order chi connectivity index (χ1) is 7.31. The molecule has 0 spiro atoms. The van der Waals surface area contributed by atoms with Crippen molar-refractivity contribution in [3.05, 3.63) is 0 Å². The van der Waals surface area contributed by atoms with E-state index in [1.165, 1.54) is 0 Å². The largest absolute Gasteiger partial charge is 0.460 e. The van der Waals surface area contributed by atoms with E-state index in [9.17, 15) is 48.3 Å². The molecule has 0 aliphatic carbocycles. The van der Waals surface area contributed by atoms with E-state index >= 15 is 0 Å². The minimum atomic E-state index is -7.00. The van der Waals surface area contributed by atoms with Crippen LogP contribution in [0.15, 0.2) is 0 Å². The zero-order valence-electron chi connectivity index (χ0n) is 7.86. The van der Waals surface area contributed by atoms with E-state index in [-0.39, 0.29) is 0 Å². The fourth-order valence-corrected chi connectivity index (χ4v) is 0.492. The minimum absolute atomic E-state index is 0.500. The summed E-state index contributed by atoms with van der Waals surface area (Å²) in [6.07, 6.45) is -6.89. The maximum Gasteiger partial charge on any atom is 0.460 e. The third-order valence-electron chi connectivity index (χ3n) is 1.38. The Balaban J connectivity index is 0. The lowest BCUT2D eigenvalue weighted by atomic mass is 10.1. The van der Waals surface area contributed by atoms with Gasteiger partial charge in [0, 0.05) is 0 Å².